The predicted molar refractivity (Wildman–Crippen MR) is 82.4 cm³/mol. The minimum Gasteiger partial charge on any atom is -0.488 e. The third-order valence-electron chi connectivity index (χ3n) is 3.24. The van der Waals surface area contributed by atoms with Gasteiger partial charge in [0.15, 0.2) is 6.29 Å². The highest BCUT2D eigenvalue weighted by Gasteiger charge is 2.12. The Bertz CT molecular complexity index is 562. The lowest BCUT2D eigenvalue weighted by molar-refractivity contribution is -0.152. The lowest BCUT2D eigenvalue weighted by atomic mass is 10.0. The molecule has 114 valence electrons. The summed E-state index contributed by atoms with van der Waals surface area (Å²) in [6, 6.07) is 11.8. The molecule has 0 fully saturated rings. The zero-order valence-corrected chi connectivity index (χ0v) is 12.5. The third kappa shape index (κ3) is 3.94. The van der Waals surface area contributed by atoms with Gasteiger partial charge in [-0.05, 0) is 30.7 Å². The van der Waals surface area contributed by atoms with Gasteiger partial charge >= 0.3 is 0 Å². The normalized spacial score (nSPS) is 11.2. The maximum atomic E-state index is 9.65. The molecule has 0 aliphatic heterocycles. The molecular weight excluding hydrogens is 268 g/mol. The van der Waals surface area contributed by atoms with E-state index in [2.05, 4.69) is 0 Å². The molecule has 0 radical (unpaired) electrons. The summed E-state index contributed by atoms with van der Waals surface area (Å²) in [5, 5.41) is 11.7. The first-order valence-corrected chi connectivity index (χ1v) is 7.27. The smallest absolute Gasteiger partial charge is 0.191 e. The Balaban J connectivity index is 2.17. The quantitative estimate of drug-likeness (QED) is 0.759. The number of rotatable bonds is 8. The van der Waals surface area contributed by atoms with E-state index in [9.17, 15) is 5.11 Å². The van der Waals surface area contributed by atoms with Crippen LogP contribution < -0.4 is 4.74 Å². The second-order valence-corrected chi connectivity index (χ2v) is 4.57. The Morgan fingerprint density at radius 3 is 2.38 bits per heavy atom. The Hall–Kier alpha value is -1.62. The van der Waals surface area contributed by atoms with E-state index in [4.69, 9.17) is 14.2 Å². The van der Waals surface area contributed by atoms with Crippen molar-refractivity contribution >= 4 is 10.8 Å². The van der Waals surface area contributed by atoms with Gasteiger partial charge in [-0.25, -0.2) is 0 Å². The van der Waals surface area contributed by atoms with Gasteiger partial charge in [-0.1, -0.05) is 30.3 Å². The minimum absolute atomic E-state index is 0.0649. The van der Waals surface area contributed by atoms with Crippen molar-refractivity contribution in [3.8, 4) is 5.75 Å². The zero-order valence-electron chi connectivity index (χ0n) is 12.5. The molecule has 2 aromatic carbocycles. The second-order valence-electron chi connectivity index (χ2n) is 4.57. The van der Waals surface area contributed by atoms with Gasteiger partial charge in [-0.3, -0.25) is 0 Å². The molecule has 0 bridgehead atoms. The molecule has 4 nitrogen and oxygen atoms in total. The number of aliphatic hydroxyl groups is 1. The summed E-state index contributed by atoms with van der Waals surface area (Å²) in [6.45, 7) is 5.21. The molecule has 0 aliphatic rings. The number of aliphatic hydroxyl groups excluding tert-OH is 1. The van der Waals surface area contributed by atoms with E-state index in [1.807, 2.05) is 50.2 Å². The van der Waals surface area contributed by atoms with Gasteiger partial charge in [0, 0.05) is 18.8 Å². The maximum absolute atomic E-state index is 9.65. The van der Waals surface area contributed by atoms with Gasteiger partial charge in [0.1, 0.15) is 12.4 Å². The number of hydrogen-bond donors (Lipinski definition) is 1. The molecule has 0 aromatic heterocycles. The van der Waals surface area contributed by atoms with Crippen LogP contribution in [0.3, 0.4) is 0 Å². The summed E-state index contributed by atoms with van der Waals surface area (Å²) < 4.78 is 16.7. The first kappa shape index (κ1) is 15.8. The molecule has 2 rings (SSSR count). The topological polar surface area (TPSA) is 47.9 Å². The highest BCUT2D eigenvalue weighted by molar-refractivity contribution is 5.87. The standard InChI is InChI=1S/C17H22O4/c1-3-19-17(20-4-2)12-21-16-10-9-13-7-5-6-8-14(13)15(16)11-18/h5-10,17-18H,3-4,11-12H2,1-2H3. The molecule has 21 heavy (non-hydrogen) atoms. The van der Waals surface area contributed by atoms with Crippen molar-refractivity contribution in [1.29, 1.82) is 0 Å². The summed E-state index contributed by atoms with van der Waals surface area (Å²) in [4.78, 5) is 0. The van der Waals surface area contributed by atoms with Crippen LogP contribution >= 0.6 is 0 Å². The van der Waals surface area contributed by atoms with Gasteiger partial charge < -0.3 is 19.3 Å². The van der Waals surface area contributed by atoms with Crippen LogP contribution in [0.1, 0.15) is 19.4 Å². The van der Waals surface area contributed by atoms with Crippen molar-refractivity contribution in [3.05, 3.63) is 42.0 Å². The van der Waals surface area contributed by atoms with Crippen molar-refractivity contribution in [2.24, 2.45) is 0 Å². The van der Waals surface area contributed by atoms with Crippen LogP contribution in [-0.2, 0) is 16.1 Å². The zero-order chi connectivity index (χ0) is 15.1. The molecule has 1 N–H and O–H groups in total. The summed E-state index contributed by atoms with van der Waals surface area (Å²) in [5.74, 6) is 0.667. The van der Waals surface area contributed by atoms with Gasteiger partial charge in [0.25, 0.3) is 0 Å². The van der Waals surface area contributed by atoms with Crippen molar-refractivity contribution in [3.63, 3.8) is 0 Å². The van der Waals surface area contributed by atoms with E-state index in [-0.39, 0.29) is 6.61 Å². The van der Waals surface area contributed by atoms with Crippen molar-refractivity contribution in [2.45, 2.75) is 26.7 Å². The Kier molecular flexibility index (Phi) is 5.99. The van der Waals surface area contributed by atoms with Crippen LogP contribution in [0, 0.1) is 0 Å². The highest BCUT2D eigenvalue weighted by atomic mass is 16.7. The molecule has 0 atom stereocenters. The van der Waals surface area contributed by atoms with Gasteiger partial charge in [0.2, 0.25) is 0 Å². The fourth-order valence-electron chi connectivity index (χ4n) is 2.29. The van der Waals surface area contributed by atoms with E-state index in [1.54, 1.807) is 0 Å². The second kappa shape index (κ2) is 7.98. The molecule has 2 aromatic rings. The number of ether oxygens (including phenoxy) is 3. The van der Waals surface area contributed by atoms with Crippen LogP contribution in [0.5, 0.6) is 5.75 Å². The molecule has 0 heterocycles. The summed E-state index contributed by atoms with van der Waals surface area (Å²) in [6.07, 6.45) is -0.391. The predicted octanol–water partition coefficient (Wildman–Crippen LogP) is 3.11. The fraction of sp³-hybridized carbons (Fsp3) is 0.412. The Labute approximate surface area is 125 Å². The summed E-state index contributed by atoms with van der Waals surface area (Å²) in [7, 11) is 0. The lowest BCUT2D eigenvalue weighted by Gasteiger charge is -2.19. The van der Waals surface area contributed by atoms with E-state index >= 15 is 0 Å². The van der Waals surface area contributed by atoms with E-state index < -0.39 is 6.29 Å². The molecule has 0 aliphatic carbocycles. The van der Waals surface area contributed by atoms with Crippen LogP contribution in [0.4, 0.5) is 0 Å². The first-order chi connectivity index (χ1) is 10.3. The van der Waals surface area contributed by atoms with E-state index in [0.29, 0.717) is 25.6 Å². The van der Waals surface area contributed by atoms with Crippen LogP contribution in [0.2, 0.25) is 0 Å². The number of benzene rings is 2. The fourth-order valence-corrected chi connectivity index (χ4v) is 2.29. The molecule has 0 saturated heterocycles. The average molecular weight is 290 g/mol. The van der Waals surface area contributed by atoms with Crippen LogP contribution in [0.25, 0.3) is 10.8 Å². The van der Waals surface area contributed by atoms with Gasteiger partial charge in [-0.2, -0.15) is 0 Å². The van der Waals surface area contributed by atoms with Crippen LogP contribution in [-0.4, -0.2) is 31.2 Å². The lowest BCUT2D eigenvalue weighted by Crippen LogP contribution is -2.25. The molecule has 0 unspecified atom stereocenters. The molecule has 0 spiro atoms. The Morgan fingerprint density at radius 2 is 1.71 bits per heavy atom. The third-order valence-corrected chi connectivity index (χ3v) is 3.24. The van der Waals surface area contributed by atoms with Crippen molar-refractivity contribution in [2.75, 3.05) is 19.8 Å². The first-order valence-electron chi connectivity index (χ1n) is 7.27. The molecule has 4 heteroatoms. The van der Waals surface area contributed by atoms with Gasteiger partial charge in [-0.15, -0.1) is 0 Å². The summed E-state index contributed by atoms with van der Waals surface area (Å²) >= 11 is 0. The minimum atomic E-state index is -0.391. The largest absolute Gasteiger partial charge is 0.488 e. The monoisotopic (exact) mass is 290 g/mol. The molecule has 0 saturated carbocycles. The van der Waals surface area contributed by atoms with Crippen LogP contribution in [0.15, 0.2) is 36.4 Å². The number of fused-ring (bicyclic) bond motifs is 1. The SMILES string of the molecule is CCOC(COc1ccc2ccccc2c1CO)OCC. The Morgan fingerprint density at radius 1 is 1.00 bits per heavy atom. The van der Waals surface area contributed by atoms with Crippen molar-refractivity contribution < 1.29 is 19.3 Å². The van der Waals surface area contributed by atoms with E-state index in [1.165, 1.54) is 0 Å². The van der Waals surface area contributed by atoms with Crippen molar-refractivity contribution in [1.82, 2.24) is 0 Å². The summed E-state index contributed by atoms with van der Waals surface area (Å²) in [5.41, 5.74) is 0.792. The van der Waals surface area contributed by atoms with Gasteiger partial charge in [0.05, 0.1) is 6.61 Å². The highest BCUT2D eigenvalue weighted by Crippen LogP contribution is 2.28. The maximum Gasteiger partial charge on any atom is 0.191 e. The molecular formula is C17H22O4. The average Bonchev–Trinajstić information content (AvgIpc) is 2.52. The number of hydrogen-bond acceptors (Lipinski definition) is 4. The molecule has 0 amide bonds. The van der Waals surface area contributed by atoms with E-state index in [0.717, 1.165) is 16.3 Å².